The first-order valence-corrected chi connectivity index (χ1v) is 7.58. The highest BCUT2D eigenvalue weighted by Gasteiger charge is 2.38. The van der Waals surface area contributed by atoms with E-state index >= 15 is 0 Å². The van der Waals surface area contributed by atoms with Crippen molar-refractivity contribution in [1.82, 2.24) is 0 Å². The van der Waals surface area contributed by atoms with E-state index in [4.69, 9.17) is 10.5 Å². The Morgan fingerprint density at radius 2 is 2.17 bits per heavy atom. The molecule has 0 amide bonds. The maximum Gasteiger partial charge on any atom is 0.152 e. The van der Waals surface area contributed by atoms with E-state index in [1.165, 1.54) is 0 Å². The molecule has 0 saturated carbocycles. The molecule has 1 aromatic carbocycles. The summed E-state index contributed by atoms with van der Waals surface area (Å²) in [6.07, 6.45) is 0.589. The van der Waals surface area contributed by atoms with Crippen molar-refractivity contribution in [2.75, 3.05) is 29.7 Å². The number of ether oxygens (including phenoxy) is 1. The molecular weight excluding hydrogens is 252 g/mol. The van der Waals surface area contributed by atoms with Gasteiger partial charge in [-0.3, -0.25) is 0 Å². The van der Waals surface area contributed by atoms with Crippen LogP contribution >= 0.6 is 0 Å². The largest absolute Gasteiger partial charge is 0.495 e. The SMILES string of the molecule is COc1cccc(NC2(C)CCS(=O)(=O)C2)c1N. The van der Waals surface area contributed by atoms with Crippen molar-refractivity contribution in [1.29, 1.82) is 0 Å². The Bertz CT molecular complexity index is 556. The van der Waals surface area contributed by atoms with E-state index in [0.717, 1.165) is 0 Å². The Balaban J connectivity index is 2.25. The third-order valence-corrected chi connectivity index (χ3v) is 5.13. The molecule has 5 nitrogen and oxygen atoms in total. The number of nitrogen functional groups attached to an aromatic ring is 1. The second-order valence-corrected chi connectivity index (χ2v) is 7.13. The van der Waals surface area contributed by atoms with Crippen molar-refractivity contribution >= 4 is 21.2 Å². The number of hydrogen-bond donors (Lipinski definition) is 2. The van der Waals surface area contributed by atoms with Gasteiger partial charge in [-0.1, -0.05) is 6.07 Å². The highest BCUT2D eigenvalue weighted by atomic mass is 32.2. The van der Waals surface area contributed by atoms with Gasteiger partial charge in [0, 0.05) is 5.54 Å². The van der Waals surface area contributed by atoms with Gasteiger partial charge in [0.1, 0.15) is 5.75 Å². The number of rotatable bonds is 3. The summed E-state index contributed by atoms with van der Waals surface area (Å²) in [5.74, 6) is 0.946. The molecule has 6 heteroatoms. The molecule has 0 radical (unpaired) electrons. The normalized spacial score (nSPS) is 25.9. The summed E-state index contributed by atoms with van der Waals surface area (Å²) in [7, 11) is -1.38. The summed E-state index contributed by atoms with van der Waals surface area (Å²) in [5, 5.41) is 3.23. The molecule has 18 heavy (non-hydrogen) atoms. The quantitative estimate of drug-likeness (QED) is 0.808. The molecule has 0 aliphatic carbocycles. The van der Waals surface area contributed by atoms with Gasteiger partial charge in [-0.05, 0) is 25.5 Å². The minimum atomic E-state index is -2.94. The van der Waals surface area contributed by atoms with Crippen molar-refractivity contribution in [3.8, 4) is 5.75 Å². The lowest BCUT2D eigenvalue weighted by Crippen LogP contribution is -2.36. The second kappa shape index (κ2) is 4.35. The van der Waals surface area contributed by atoms with E-state index in [9.17, 15) is 8.42 Å². The van der Waals surface area contributed by atoms with Crippen molar-refractivity contribution in [2.45, 2.75) is 18.9 Å². The van der Waals surface area contributed by atoms with Crippen LogP contribution in [0.2, 0.25) is 0 Å². The summed E-state index contributed by atoms with van der Waals surface area (Å²) in [6, 6.07) is 5.42. The zero-order chi connectivity index (χ0) is 13.4. The predicted octanol–water partition coefficient (Wildman–Crippen LogP) is 1.27. The maximum absolute atomic E-state index is 11.5. The topological polar surface area (TPSA) is 81.4 Å². The lowest BCUT2D eigenvalue weighted by Gasteiger charge is -2.26. The summed E-state index contributed by atoms with van der Waals surface area (Å²) in [5.41, 5.74) is 6.72. The monoisotopic (exact) mass is 270 g/mol. The van der Waals surface area contributed by atoms with Gasteiger partial charge in [-0.15, -0.1) is 0 Å². The van der Waals surface area contributed by atoms with Gasteiger partial charge in [0.2, 0.25) is 0 Å². The minimum absolute atomic E-state index is 0.136. The fourth-order valence-corrected chi connectivity index (χ4v) is 4.36. The second-order valence-electron chi connectivity index (χ2n) is 4.95. The number of benzene rings is 1. The van der Waals surface area contributed by atoms with Crippen LogP contribution in [0.15, 0.2) is 18.2 Å². The van der Waals surface area contributed by atoms with Gasteiger partial charge in [0.25, 0.3) is 0 Å². The molecular formula is C12H18N2O3S. The van der Waals surface area contributed by atoms with E-state index in [0.29, 0.717) is 23.5 Å². The standard InChI is InChI=1S/C12H18N2O3S/c1-12(6-7-18(15,16)8-12)14-9-4-3-5-10(17-2)11(9)13/h3-5,14H,6-8,13H2,1-2H3. The van der Waals surface area contributed by atoms with Crippen molar-refractivity contribution in [3.63, 3.8) is 0 Å². The van der Waals surface area contributed by atoms with Gasteiger partial charge in [-0.2, -0.15) is 0 Å². The zero-order valence-electron chi connectivity index (χ0n) is 10.6. The van der Waals surface area contributed by atoms with Gasteiger partial charge < -0.3 is 15.8 Å². The van der Waals surface area contributed by atoms with Crippen LogP contribution in [0.3, 0.4) is 0 Å². The lowest BCUT2D eigenvalue weighted by molar-refractivity contribution is 0.417. The van der Waals surface area contributed by atoms with Crippen molar-refractivity contribution in [2.24, 2.45) is 0 Å². The summed E-state index contributed by atoms with van der Waals surface area (Å²) in [4.78, 5) is 0. The van der Waals surface area contributed by atoms with E-state index in [1.54, 1.807) is 13.2 Å². The summed E-state index contributed by atoms with van der Waals surface area (Å²) >= 11 is 0. The molecule has 1 atom stereocenters. The Hall–Kier alpha value is -1.43. The molecule has 1 aromatic rings. The van der Waals surface area contributed by atoms with E-state index in [1.807, 2.05) is 19.1 Å². The van der Waals surface area contributed by atoms with Crippen LogP contribution in [0.1, 0.15) is 13.3 Å². The Morgan fingerprint density at radius 3 is 2.72 bits per heavy atom. The molecule has 100 valence electrons. The van der Waals surface area contributed by atoms with Crippen molar-refractivity contribution < 1.29 is 13.2 Å². The molecule has 0 spiro atoms. The maximum atomic E-state index is 11.5. The van der Waals surface area contributed by atoms with Gasteiger partial charge in [-0.25, -0.2) is 8.42 Å². The molecule has 2 rings (SSSR count). The Labute approximate surface area is 107 Å². The summed E-state index contributed by atoms with van der Waals surface area (Å²) < 4.78 is 28.2. The average molecular weight is 270 g/mol. The average Bonchev–Trinajstić information content (AvgIpc) is 2.56. The molecule has 3 N–H and O–H groups in total. The number of hydrogen-bond acceptors (Lipinski definition) is 5. The number of nitrogens with two attached hydrogens (primary N) is 1. The fraction of sp³-hybridized carbons (Fsp3) is 0.500. The van der Waals surface area contributed by atoms with Gasteiger partial charge in [0.15, 0.2) is 9.84 Å². The van der Waals surface area contributed by atoms with Gasteiger partial charge >= 0.3 is 0 Å². The molecule has 0 bridgehead atoms. The van der Waals surface area contributed by atoms with E-state index in [2.05, 4.69) is 5.32 Å². The van der Waals surface area contributed by atoms with Crippen LogP contribution in [-0.2, 0) is 9.84 Å². The number of sulfone groups is 1. The van der Waals surface area contributed by atoms with Crippen LogP contribution in [0, 0.1) is 0 Å². The van der Waals surface area contributed by atoms with E-state index < -0.39 is 15.4 Å². The molecule has 1 heterocycles. The number of para-hydroxylation sites is 1. The third-order valence-electron chi connectivity index (χ3n) is 3.23. The molecule has 1 aliphatic rings. The van der Waals surface area contributed by atoms with Crippen LogP contribution in [0.4, 0.5) is 11.4 Å². The lowest BCUT2D eigenvalue weighted by atomic mass is 10.0. The van der Waals surface area contributed by atoms with E-state index in [-0.39, 0.29) is 11.5 Å². The molecule has 1 saturated heterocycles. The Morgan fingerprint density at radius 1 is 1.44 bits per heavy atom. The van der Waals surface area contributed by atoms with Crippen LogP contribution in [0.5, 0.6) is 5.75 Å². The molecule has 1 aliphatic heterocycles. The first-order valence-electron chi connectivity index (χ1n) is 5.76. The highest BCUT2D eigenvalue weighted by Crippen LogP contribution is 2.34. The van der Waals surface area contributed by atoms with Gasteiger partial charge in [0.05, 0.1) is 30.0 Å². The third kappa shape index (κ3) is 2.53. The number of methoxy groups -OCH3 is 1. The predicted molar refractivity (Wildman–Crippen MR) is 72.7 cm³/mol. The van der Waals surface area contributed by atoms with Crippen molar-refractivity contribution in [3.05, 3.63) is 18.2 Å². The Kier molecular flexibility index (Phi) is 3.14. The molecule has 0 aromatic heterocycles. The highest BCUT2D eigenvalue weighted by molar-refractivity contribution is 7.91. The number of anilines is 2. The first kappa shape index (κ1) is 13.0. The zero-order valence-corrected chi connectivity index (χ0v) is 11.4. The van der Waals surface area contributed by atoms with Crippen LogP contribution < -0.4 is 15.8 Å². The molecule has 1 fully saturated rings. The fourth-order valence-electron chi connectivity index (χ4n) is 2.27. The van der Waals surface area contributed by atoms with Crippen LogP contribution in [0.25, 0.3) is 0 Å². The first-order chi connectivity index (χ1) is 8.35. The van der Waals surface area contributed by atoms with Crippen LogP contribution in [-0.4, -0.2) is 32.6 Å². The molecule has 1 unspecified atom stereocenters. The minimum Gasteiger partial charge on any atom is -0.495 e. The number of nitrogens with one attached hydrogen (secondary N) is 1. The summed E-state index contributed by atoms with van der Waals surface area (Å²) in [6.45, 7) is 1.90. The smallest absolute Gasteiger partial charge is 0.152 e.